The Bertz CT molecular complexity index is 715. The van der Waals surface area contributed by atoms with Gasteiger partial charge in [-0.1, -0.05) is 0 Å². The maximum atomic E-state index is 5.60. The van der Waals surface area contributed by atoms with Crippen LogP contribution in [0.1, 0.15) is 30.3 Å². The van der Waals surface area contributed by atoms with Crippen molar-refractivity contribution in [3.63, 3.8) is 0 Å². The minimum atomic E-state index is 0.0180. The standard InChI is InChI=1S/C13H15N5O/c1-8-4-5-11(19-8)9(2)15-12-13-17-16-10(3)18(13)7-6-14-12/h4-7,9H,1-3H3,(H,14,15). The molecule has 0 radical (unpaired) electrons. The van der Waals surface area contributed by atoms with E-state index in [4.69, 9.17) is 4.42 Å². The minimum Gasteiger partial charge on any atom is -0.464 e. The van der Waals surface area contributed by atoms with Gasteiger partial charge in [-0.25, -0.2) is 4.98 Å². The predicted octanol–water partition coefficient (Wildman–Crippen LogP) is 2.51. The molecule has 6 heteroatoms. The molecule has 0 saturated carbocycles. The second-order valence-electron chi connectivity index (χ2n) is 4.53. The van der Waals surface area contributed by atoms with E-state index in [9.17, 15) is 0 Å². The van der Waals surface area contributed by atoms with Gasteiger partial charge < -0.3 is 9.73 Å². The van der Waals surface area contributed by atoms with Crippen LogP contribution >= 0.6 is 0 Å². The van der Waals surface area contributed by atoms with Crippen LogP contribution in [0.15, 0.2) is 28.9 Å². The topological polar surface area (TPSA) is 68.2 Å². The van der Waals surface area contributed by atoms with Gasteiger partial charge in [0, 0.05) is 12.4 Å². The average Bonchev–Trinajstić information content (AvgIpc) is 2.98. The fourth-order valence-electron chi connectivity index (χ4n) is 2.01. The molecule has 0 aliphatic rings. The maximum Gasteiger partial charge on any atom is 0.203 e. The summed E-state index contributed by atoms with van der Waals surface area (Å²) < 4.78 is 7.50. The van der Waals surface area contributed by atoms with E-state index < -0.39 is 0 Å². The zero-order chi connectivity index (χ0) is 13.4. The van der Waals surface area contributed by atoms with Gasteiger partial charge in [-0.05, 0) is 32.9 Å². The molecular weight excluding hydrogens is 242 g/mol. The lowest BCUT2D eigenvalue weighted by atomic mass is 10.2. The van der Waals surface area contributed by atoms with E-state index >= 15 is 0 Å². The molecule has 1 unspecified atom stereocenters. The Balaban J connectivity index is 1.93. The number of hydrogen-bond acceptors (Lipinski definition) is 5. The zero-order valence-electron chi connectivity index (χ0n) is 11.1. The molecular formula is C13H15N5O. The summed E-state index contributed by atoms with van der Waals surface area (Å²) in [5.74, 6) is 3.30. The molecule has 0 fully saturated rings. The van der Waals surface area contributed by atoms with Gasteiger partial charge in [0.15, 0.2) is 5.82 Å². The highest BCUT2D eigenvalue weighted by atomic mass is 16.3. The van der Waals surface area contributed by atoms with Crippen LogP contribution in [0.5, 0.6) is 0 Å². The summed E-state index contributed by atoms with van der Waals surface area (Å²) in [6.45, 7) is 5.85. The van der Waals surface area contributed by atoms with E-state index in [1.807, 2.05) is 43.5 Å². The van der Waals surface area contributed by atoms with Crippen molar-refractivity contribution in [2.75, 3.05) is 5.32 Å². The fraction of sp³-hybridized carbons (Fsp3) is 0.308. The summed E-state index contributed by atoms with van der Waals surface area (Å²) >= 11 is 0. The minimum absolute atomic E-state index is 0.0180. The van der Waals surface area contributed by atoms with Crippen molar-refractivity contribution in [3.05, 3.63) is 41.9 Å². The molecule has 19 heavy (non-hydrogen) atoms. The smallest absolute Gasteiger partial charge is 0.203 e. The molecule has 0 saturated heterocycles. The van der Waals surface area contributed by atoms with E-state index in [0.29, 0.717) is 5.82 Å². The van der Waals surface area contributed by atoms with Gasteiger partial charge in [-0.2, -0.15) is 0 Å². The van der Waals surface area contributed by atoms with Crippen molar-refractivity contribution >= 4 is 11.5 Å². The van der Waals surface area contributed by atoms with Gasteiger partial charge in [0.05, 0.1) is 6.04 Å². The van der Waals surface area contributed by atoms with Crippen LogP contribution in [-0.2, 0) is 0 Å². The monoisotopic (exact) mass is 257 g/mol. The number of aromatic nitrogens is 4. The Hall–Kier alpha value is -2.37. The molecule has 0 amide bonds. The first-order valence-corrected chi connectivity index (χ1v) is 6.14. The highest BCUT2D eigenvalue weighted by Crippen LogP contribution is 2.22. The van der Waals surface area contributed by atoms with E-state index in [0.717, 1.165) is 23.0 Å². The molecule has 0 aliphatic heterocycles. The third-order valence-corrected chi connectivity index (χ3v) is 3.04. The largest absolute Gasteiger partial charge is 0.464 e. The van der Waals surface area contributed by atoms with E-state index in [2.05, 4.69) is 20.5 Å². The third kappa shape index (κ3) is 2.05. The summed E-state index contributed by atoms with van der Waals surface area (Å²) in [7, 11) is 0. The molecule has 6 nitrogen and oxygen atoms in total. The molecule has 3 aromatic heterocycles. The summed E-state index contributed by atoms with van der Waals surface area (Å²) in [6, 6.07) is 3.93. The van der Waals surface area contributed by atoms with Crippen LogP contribution < -0.4 is 5.32 Å². The first-order valence-electron chi connectivity index (χ1n) is 6.14. The molecule has 0 aliphatic carbocycles. The summed E-state index contributed by atoms with van der Waals surface area (Å²) in [5.41, 5.74) is 0.718. The summed E-state index contributed by atoms with van der Waals surface area (Å²) in [5, 5.41) is 11.5. The Kier molecular flexibility index (Phi) is 2.70. The Morgan fingerprint density at radius 1 is 1.26 bits per heavy atom. The zero-order valence-corrected chi connectivity index (χ0v) is 11.1. The van der Waals surface area contributed by atoms with Crippen LogP contribution in [0.2, 0.25) is 0 Å². The number of anilines is 1. The van der Waals surface area contributed by atoms with Crippen molar-refractivity contribution in [3.8, 4) is 0 Å². The van der Waals surface area contributed by atoms with Crippen molar-refractivity contribution in [1.82, 2.24) is 19.6 Å². The second-order valence-corrected chi connectivity index (χ2v) is 4.53. The van der Waals surface area contributed by atoms with E-state index in [1.165, 1.54) is 0 Å². The molecule has 0 spiro atoms. The fourth-order valence-corrected chi connectivity index (χ4v) is 2.01. The number of hydrogen-bond donors (Lipinski definition) is 1. The third-order valence-electron chi connectivity index (χ3n) is 3.04. The lowest BCUT2D eigenvalue weighted by Gasteiger charge is -2.12. The average molecular weight is 257 g/mol. The summed E-state index contributed by atoms with van der Waals surface area (Å²) in [6.07, 6.45) is 3.57. The highest BCUT2D eigenvalue weighted by Gasteiger charge is 2.13. The molecule has 0 bridgehead atoms. The van der Waals surface area contributed by atoms with E-state index in [-0.39, 0.29) is 6.04 Å². The van der Waals surface area contributed by atoms with Gasteiger partial charge in [-0.3, -0.25) is 4.40 Å². The number of rotatable bonds is 3. The van der Waals surface area contributed by atoms with Crippen molar-refractivity contribution in [2.45, 2.75) is 26.8 Å². The van der Waals surface area contributed by atoms with Crippen LogP contribution in [0.3, 0.4) is 0 Å². The summed E-state index contributed by atoms with van der Waals surface area (Å²) in [4.78, 5) is 4.32. The van der Waals surface area contributed by atoms with Gasteiger partial charge in [0.2, 0.25) is 5.65 Å². The van der Waals surface area contributed by atoms with Gasteiger partial charge in [0.25, 0.3) is 0 Å². The Labute approximate surface area is 110 Å². The number of nitrogens with one attached hydrogen (secondary N) is 1. The quantitative estimate of drug-likeness (QED) is 0.780. The first-order chi connectivity index (χ1) is 9.15. The molecule has 98 valence electrons. The lowest BCUT2D eigenvalue weighted by molar-refractivity contribution is 0.466. The van der Waals surface area contributed by atoms with Crippen molar-refractivity contribution < 1.29 is 4.42 Å². The second kappa shape index (κ2) is 4.38. The van der Waals surface area contributed by atoms with Crippen LogP contribution in [0.4, 0.5) is 5.82 Å². The predicted molar refractivity (Wildman–Crippen MR) is 71.0 cm³/mol. The van der Waals surface area contributed by atoms with Gasteiger partial charge in [-0.15, -0.1) is 10.2 Å². The van der Waals surface area contributed by atoms with Gasteiger partial charge >= 0.3 is 0 Å². The van der Waals surface area contributed by atoms with Crippen LogP contribution in [0, 0.1) is 13.8 Å². The lowest BCUT2D eigenvalue weighted by Crippen LogP contribution is -2.08. The van der Waals surface area contributed by atoms with E-state index in [1.54, 1.807) is 6.20 Å². The maximum absolute atomic E-state index is 5.60. The normalized spacial score (nSPS) is 12.8. The molecule has 0 aromatic carbocycles. The number of fused-ring (bicyclic) bond motifs is 1. The number of furan rings is 1. The Morgan fingerprint density at radius 3 is 2.84 bits per heavy atom. The molecule has 3 rings (SSSR count). The molecule has 1 N–H and O–H groups in total. The SMILES string of the molecule is Cc1ccc(C(C)Nc2nccn3c(C)nnc23)o1. The molecule has 3 aromatic rings. The van der Waals surface area contributed by atoms with Crippen molar-refractivity contribution in [2.24, 2.45) is 0 Å². The Morgan fingerprint density at radius 2 is 2.11 bits per heavy atom. The van der Waals surface area contributed by atoms with Gasteiger partial charge in [0.1, 0.15) is 17.3 Å². The first kappa shape index (κ1) is 11.7. The molecule has 1 atom stereocenters. The van der Waals surface area contributed by atoms with Crippen molar-refractivity contribution in [1.29, 1.82) is 0 Å². The number of nitrogens with zero attached hydrogens (tertiary/aromatic N) is 4. The highest BCUT2D eigenvalue weighted by molar-refractivity contribution is 5.62. The van der Waals surface area contributed by atoms with Crippen LogP contribution in [-0.4, -0.2) is 19.6 Å². The molecule has 3 heterocycles. The number of aryl methyl sites for hydroxylation is 2. The van der Waals surface area contributed by atoms with Crippen LogP contribution in [0.25, 0.3) is 5.65 Å².